The van der Waals surface area contributed by atoms with Crippen molar-refractivity contribution in [1.29, 1.82) is 0 Å². The van der Waals surface area contributed by atoms with Crippen LogP contribution in [0.4, 0.5) is 4.39 Å². The Kier molecular flexibility index (Phi) is 3.43. The van der Waals surface area contributed by atoms with Gasteiger partial charge < -0.3 is 5.73 Å². The van der Waals surface area contributed by atoms with Gasteiger partial charge in [0.05, 0.1) is 5.69 Å². The van der Waals surface area contributed by atoms with E-state index in [1.165, 1.54) is 6.33 Å². The average Bonchev–Trinajstić information content (AvgIpc) is 2.78. The molecule has 6 heteroatoms. The summed E-state index contributed by atoms with van der Waals surface area (Å²) in [6.45, 7) is 2.31. The van der Waals surface area contributed by atoms with Crippen molar-refractivity contribution in [2.45, 2.75) is 19.8 Å². The fourth-order valence-corrected chi connectivity index (χ4v) is 1.65. The molecule has 0 aliphatic rings. The molecule has 2 heterocycles. The van der Waals surface area contributed by atoms with Gasteiger partial charge in [0, 0.05) is 18.8 Å². The minimum Gasteiger partial charge on any atom is -0.330 e. The molecule has 0 saturated heterocycles. The SMILES string of the molecule is CCc1ncnc(-n2ccnc2CCN)c1F. The quantitative estimate of drug-likeness (QED) is 0.853. The highest BCUT2D eigenvalue weighted by Crippen LogP contribution is 2.15. The van der Waals surface area contributed by atoms with Crippen molar-refractivity contribution in [3.63, 3.8) is 0 Å². The minimum absolute atomic E-state index is 0.234. The first-order valence-electron chi connectivity index (χ1n) is 5.50. The first-order chi connectivity index (χ1) is 8.27. The van der Waals surface area contributed by atoms with Crippen LogP contribution in [-0.4, -0.2) is 26.1 Å². The number of aryl methyl sites for hydroxylation is 1. The molecule has 0 atom stereocenters. The van der Waals surface area contributed by atoms with E-state index in [0.29, 0.717) is 30.9 Å². The van der Waals surface area contributed by atoms with Crippen LogP contribution in [-0.2, 0) is 12.8 Å². The number of hydrogen-bond acceptors (Lipinski definition) is 4. The highest BCUT2D eigenvalue weighted by molar-refractivity contribution is 5.28. The van der Waals surface area contributed by atoms with E-state index < -0.39 is 5.82 Å². The maximum atomic E-state index is 14.1. The molecule has 0 unspecified atom stereocenters. The number of hydrogen-bond donors (Lipinski definition) is 1. The van der Waals surface area contributed by atoms with E-state index in [0.717, 1.165) is 0 Å². The van der Waals surface area contributed by atoms with Gasteiger partial charge in [-0.3, -0.25) is 4.57 Å². The summed E-state index contributed by atoms with van der Waals surface area (Å²) in [5.41, 5.74) is 5.89. The lowest BCUT2D eigenvalue weighted by molar-refractivity contribution is 0.579. The number of halogens is 1. The zero-order valence-electron chi connectivity index (χ0n) is 9.60. The van der Waals surface area contributed by atoms with Crippen LogP contribution in [0.1, 0.15) is 18.4 Å². The van der Waals surface area contributed by atoms with Gasteiger partial charge >= 0.3 is 0 Å². The van der Waals surface area contributed by atoms with E-state index in [4.69, 9.17) is 5.73 Å². The Hall–Kier alpha value is -1.82. The molecule has 0 fully saturated rings. The third-order valence-corrected chi connectivity index (χ3v) is 2.49. The molecule has 0 bridgehead atoms. The Balaban J connectivity index is 2.49. The summed E-state index contributed by atoms with van der Waals surface area (Å²) in [5.74, 6) is 0.538. The van der Waals surface area contributed by atoms with E-state index in [-0.39, 0.29) is 5.82 Å². The summed E-state index contributed by atoms with van der Waals surface area (Å²) >= 11 is 0. The second-order valence-electron chi connectivity index (χ2n) is 3.56. The molecular weight excluding hydrogens is 221 g/mol. The lowest BCUT2D eigenvalue weighted by atomic mass is 10.3. The molecule has 0 amide bonds. The highest BCUT2D eigenvalue weighted by Gasteiger charge is 2.13. The standard InChI is InChI=1S/C11H14FN5/c1-2-8-10(12)11(16-7-15-8)17-6-5-14-9(17)3-4-13/h5-7H,2-4,13H2,1H3. The van der Waals surface area contributed by atoms with Gasteiger partial charge in [-0.15, -0.1) is 0 Å². The van der Waals surface area contributed by atoms with E-state index in [1.54, 1.807) is 17.0 Å². The van der Waals surface area contributed by atoms with Crippen LogP contribution in [0, 0.1) is 5.82 Å². The van der Waals surface area contributed by atoms with Gasteiger partial charge in [-0.2, -0.15) is 0 Å². The van der Waals surface area contributed by atoms with E-state index in [2.05, 4.69) is 15.0 Å². The molecule has 90 valence electrons. The Morgan fingerprint density at radius 3 is 2.88 bits per heavy atom. The van der Waals surface area contributed by atoms with E-state index in [1.807, 2.05) is 6.92 Å². The molecule has 2 aromatic heterocycles. The second-order valence-corrected chi connectivity index (χ2v) is 3.56. The number of nitrogens with two attached hydrogens (primary N) is 1. The molecule has 0 saturated carbocycles. The zero-order valence-corrected chi connectivity index (χ0v) is 9.60. The zero-order chi connectivity index (χ0) is 12.3. The fraction of sp³-hybridized carbons (Fsp3) is 0.364. The van der Waals surface area contributed by atoms with Crippen LogP contribution in [0.15, 0.2) is 18.7 Å². The van der Waals surface area contributed by atoms with Gasteiger partial charge in [0.1, 0.15) is 12.2 Å². The van der Waals surface area contributed by atoms with Crippen molar-refractivity contribution >= 4 is 0 Å². The average molecular weight is 235 g/mol. The molecule has 0 aromatic carbocycles. The van der Waals surface area contributed by atoms with Gasteiger partial charge in [0.15, 0.2) is 11.6 Å². The molecule has 5 nitrogen and oxygen atoms in total. The van der Waals surface area contributed by atoms with Crippen LogP contribution < -0.4 is 5.73 Å². The molecule has 2 N–H and O–H groups in total. The number of rotatable bonds is 4. The molecule has 0 radical (unpaired) electrons. The molecule has 0 aliphatic heterocycles. The number of imidazole rings is 1. The molecule has 0 spiro atoms. The Morgan fingerprint density at radius 1 is 1.35 bits per heavy atom. The summed E-state index contributed by atoms with van der Waals surface area (Å²) in [4.78, 5) is 12.0. The normalized spacial score (nSPS) is 10.8. The molecule has 0 aliphatic carbocycles. The number of aromatic nitrogens is 4. The monoisotopic (exact) mass is 235 g/mol. The molecular formula is C11H14FN5. The first kappa shape index (κ1) is 11.7. The summed E-state index contributed by atoms with van der Waals surface area (Å²) in [6.07, 6.45) is 5.76. The smallest absolute Gasteiger partial charge is 0.187 e. The van der Waals surface area contributed by atoms with Crippen molar-refractivity contribution in [2.24, 2.45) is 5.73 Å². The van der Waals surface area contributed by atoms with Crippen molar-refractivity contribution < 1.29 is 4.39 Å². The molecule has 17 heavy (non-hydrogen) atoms. The molecule has 2 aromatic rings. The first-order valence-corrected chi connectivity index (χ1v) is 5.50. The predicted molar refractivity (Wildman–Crippen MR) is 61.2 cm³/mol. The summed E-state index contributed by atoms with van der Waals surface area (Å²) in [7, 11) is 0. The van der Waals surface area contributed by atoms with Gasteiger partial charge in [0.25, 0.3) is 0 Å². The minimum atomic E-state index is -0.397. The van der Waals surface area contributed by atoms with Crippen LogP contribution in [0.2, 0.25) is 0 Å². The van der Waals surface area contributed by atoms with Crippen LogP contribution >= 0.6 is 0 Å². The largest absolute Gasteiger partial charge is 0.330 e. The number of nitrogens with zero attached hydrogens (tertiary/aromatic N) is 4. The third-order valence-electron chi connectivity index (χ3n) is 2.49. The topological polar surface area (TPSA) is 69.6 Å². The fourth-order valence-electron chi connectivity index (χ4n) is 1.65. The lowest BCUT2D eigenvalue weighted by Crippen LogP contribution is -2.12. The highest BCUT2D eigenvalue weighted by atomic mass is 19.1. The second kappa shape index (κ2) is 5.01. The lowest BCUT2D eigenvalue weighted by Gasteiger charge is -2.08. The summed E-state index contributed by atoms with van der Waals surface area (Å²) in [6, 6.07) is 0. The summed E-state index contributed by atoms with van der Waals surface area (Å²) < 4.78 is 15.7. The maximum absolute atomic E-state index is 14.1. The van der Waals surface area contributed by atoms with Crippen LogP contribution in [0.5, 0.6) is 0 Å². The van der Waals surface area contributed by atoms with Crippen molar-refractivity contribution in [2.75, 3.05) is 6.54 Å². The Bertz CT molecular complexity index is 508. The summed E-state index contributed by atoms with van der Waals surface area (Å²) in [5, 5.41) is 0. The predicted octanol–water partition coefficient (Wildman–Crippen LogP) is 0.865. The Morgan fingerprint density at radius 2 is 2.18 bits per heavy atom. The third kappa shape index (κ3) is 2.16. The van der Waals surface area contributed by atoms with Crippen molar-refractivity contribution in [3.8, 4) is 5.82 Å². The van der Waals surface area contributed by atoms with Gasteiger partial charge in [0.2, 0.25) is 0 Å². The maximum Gasteiger partial charge on any atom is 0.187 e. The van der Waals surface area contributed by atoms with Crippen molar-refractivity contribution in [3.05, 3.63) is 36.1 Å². The van der Waals surface area contributed by atoms with E-state index in [9.17, 15) is 4.39 Å². The Labute approximate surface area is 98.5 Å². The van der Waals surface area contributed by atoms with Gasteiger partial charge in [-0.1, -0.05) is 6.92 Å². The molecule has 2 rings (SSSR count). The van der Waals surface area contributed by atoms with Crippen LogP contribution in [0.25, 0.3) is 5.82 Å². The van der Waals surface area contributed by atoms with Crippen LogP contribution in [0.3, 0.4) is 0 Å². The van der Waals surface area contributed by atoms with E-state index >= 15 is 0 Å². The van der Waals surface area contributed by atoms with Gasteiger partial charge in [-0.05, 0) is 13.0 Å². The van der Waals surface area contributed by atoms with Gasteiger partial charge in [-0.25, -0.2) is 19.3 Å². The van der Waals surface area contributed by atoms with Crippen molar-refractivity contribution in [1.82, 2.24) is 19.5 Å².